The summed E-state index contributed by atoms with van der Waals surface area (Å²) in [7, 11) is 0. The molecule has 3 N–H and O–H groups in total. The summed E-state index contributed by atoms with van der Waals surface area (Å²) in [6.45, 7) is 0. The lowest BCUT2D eigenvalue weighted by atomic mass is 9.90. The van der Waals surface area contributed by atoms with Crippen molar-refractivity contribution in [3.63, 3.8) is 0 Å². The minimum atomic E-state index is -0.609. The molecule has 1 saturated carbocycles. The summed E-state index contributed by atoms with van der Waals surface area (Å²) in [6, 6.07) is 0.239. The van der Waals surface area contributed by atoms with Gasteiger partial charge < -0.3 is 10.4 Å². The number of nitrogens with one attached hydrogen (secondary N) is 2. The summed E-state index contributed by atoms with van der Waals surface area (Å²) >= 11 is 7.96. The monoisotopic (exact) mass is 264 g/mol. The average Bonchev–Trinajstić information content (AvgIpc) is 2.31. The predicted octanol–water partition coefficient (Wildman–Crippen LogP) is 0.181. The lowest BCUT2D eigenvalue weighted by Crippen LogP contribution is -2.54. The van der Waals surface area contributed by atoms with Crippen molar-refractivity contribution < 1.29 is 9.90 Å². The number of aliphatic hydroxyl groups is 1. The molecule has 0 aliphatic heterocycles. The summed E-state index contributed by atoms with van der Waals surface area (Å²) in [6.07, 6.45) is 3.57. The first-order chi connectivity index (χ1) is 7.67. The van der Waals surface area contributed by atoms with Crippen molar-refractivity contribution in [2.24, 2.45) is 0 Å². The summed E-state index contributed by atoms with van der Waals surface area (Å²) in [5.74, 6) is 0.532. The first-order valence-electron chi connectivity index (χ1n) is 5.62. The van der Waals surface area contributed by atoms with Gasteiger partial charge in [0.05, 0.1) is 5.75 Å². The van der Waals surface area contributed by atoms with E-state index in [1.807, 2.05) is 0 Å². The van der Waals surface area contributed by atoms with Gasteiger partial charge in [0.15, 0.2) is 0 Å². The number of aliphatic hydroxyl groups excluding tert-OH is 1. The van der Waals surface area contributed by atoms with E-state index < -0.39 is 6.23 Å². The third kappa shape index (κ3) is 4.53. The molecule has 0 aromatic rings. The Balaban J connectivity index is 2.46. The van der Waals surface area contributed by atoms with E-state index in [4.69, 9.17) is 0 Å². The third-order valence-corrected chi connectivity index (χ3v) is 3.47. The highest BCUT2D eigenvalue weighted by Crippen LogP contribution is 2.19. The molecule has 16 heavy (non-hydrogen) atoms. The summed E-state index contributed by atoms with van der Waals surface area (Å²) < 4.78 is 0. The minimum Gasteiger partial charge on any atom is -0.378 e. The molecule has 0 aromatic heterocycles. The maximum Gasteiger partial charge on any atom is 0.229 e. The van der Waals surface area contributed by atoms with Gasteiger partial charge in [-0.1, -0.05) is 12.8 Å². The molecule has 1 aliphatic carbocycles. The van der Waals surface area contributed by atoms with Crippen molar-refractivity contribution in [2.45, 2.75) is 44.0 Å². The van der Waals surface area contributed by atoms with Crippen LogP contribution in [-0.4, -0.2) is 40.8 Å². The first-order valence-corrected chi connectivity index (χ1v) is 6.89. The Labute approximate surface area is 107 Å². The molecule has 94 valence electrons. The summed E-state index contributed by atoms with van der Waals surface area (Å²) in [5.41, 5.74) is 0. The molecule has 4 nitrogen and oxygen atoms in total. The van der Waals surface area contributed by atoms with Crippen molar-refractivity contribution >= 4 is 31.2 Å². The minimum absolute atomic E-state index is 0.0533. The van der Waals surface area contributed by atoms with Crippen molar-refractivity contribution in [3.05, 3.63) is 0 Å². The van der Waals surface area contributed by atoms with E-state index in [1.54, 1.807) is 0 Å². The van der Waals surface area contributed by atoms with Crippen LogP contribution in [0.15, 0.2) is 0 Å². The molecule has 3 unspecified atom stereocenters. The number of rotatable bonds is 5. The largest absolute Gasteiger partial charge is 0.378 e. The fraction of sp³-hybridized carbons (Fsp3) is 0.900. The SMILES string of the molecule is O=C(CS)NC1CCCCC1NC(O)CS. The highest BCUT2D eigenvalue weighted by atomic mass is 32.1. The maximum atomic E-state index is 11.3. The molecule has 6 heteroatoms. The average molecular weight is 264 g/mol. The van der Waals surface area contributed by atoms with E-state index in [1.165, 1.54) is 0 Å². The second-order valence-corrected chi connectivity index (χ2v) is 4.77. The number of carbonyl (C=O) groups excluding carboxylic acids is 1. The highest BCUT2D eigenvalue weighted by molar-refractivity contribution is 7.81. The van der Waals surface area contributed by atoms with Gasteiger partial charge in [0.25, 0.3) is 0 Å². The fourth-order valence-electron chi connectivity index (χ4n) is 2.06. The molecule has 3 atom stereocenters. The Morgan fingerprint density at radius 1 is 1.31 bits per heavy atom. The Morgan fingerprint density at radius 3 is 2.50 bits per heavy atom. The topological polar surface area (TPSA) is 61.4 Å². The third-order valence-electron chi connectivity index (χ3n) is 2.84. The van der Waals surface area contributed by atoms with Crippen LogP contribution in [0, 0.1) is 0 Å². The van der Waals surface area contributed by atoms with Crippen LogP contribution in [0.1, 0.15) is 25.7 Å². The molecule has 1 amide bonds. The molecule has 0 spiro atoms. The van der Waals surface area contributed by atoms with E-state index in [9.17, 15) is 9.90 Å². The number of amides is 1. The number of hydrogen-bond donors (Lipinski definition) is 5. The molecular weight excluding hydrogens is 244 g/mol. The Hall–Kier alpha value is 0.0900. The second-order valence-electron chi connectivity index (χ2n) is 4.09. The Bertz CT molecular complexity index is 229. The smallest absolute Gasteiger partial charge is 0.229 e. The molecular formula is C10H20N2O2S2. The van der Waals surface area contributed by atoms with Gasteiger partial charge in [-0.25, -0.2) is 0 Å². The molecule has 0 aromatic carbocycles. The Kier molecular flexibility index (Phi) is 6.57. The number of hydrogen-bond acceptors (Lipinski definition) is 5. The van der Waals surface area contributed by atoms with E-state index >= 15 is 0 Å². The highest BCUT2D eigenvalue weighted by Gasteiger charge is 2.27. The van der Waals surface area contributed by atoms with Crippen LogP contribution in [0.5, 0.6) is 0 Å². The summed E-state index contributed by atoms with van der Waals surface area (Å²) in [4.78, 5) is 11.3. The van der Waals surface area contributed by atoms with Gasteiger partial charge >= 0.3 is 0 Å². The van der Waals surface area contributed by atoms with Crippen LogP contribution < -0.4 is 10.6 Å². The quantitative estimate of drug-likeness (QED) is 0.364. The zero-order chi connectivity index (χ0) is 12.0. The van der Waals surface area contributed by atoms with Gasteiger partial charge in [-0.3, -0.25) is 10.1 Å². The lowest BCUT2D eigenvalue weighted by Gasteiger charge is -2.34. The Morgan fingerprint density at radius 2 is 1.94 bits per heavy atom. The second kappa shape index (κ2) is 7.42. The van der Waals surface area contributed by atoms with Gasteiger partial charge in [0, 0.05) is 17.8 Å². The molecule has 0 bridgehead atoms. The van der Waals surface area contributed by atoms with Gasteiger partial charge in [0.1, 0.15) is 6.23 Å². The maximum absolute atomic E-state index is 11.3. The van der Waals surface area contributed by atoms with Crippen LogP contribution in [0.3, 0.4) is 0 Å². The lowest BCUT2D eigenvalue weighted by molar-refractivity contribution is -0.119. The predicted molar refractivity (Wildman–Crippen MR) is 71.0 cm³/mol. The molecule has 1 aliphatic rings. The van der Waals surface area contributed by atoms with Crippen LogP contribution in [0.4, 0.5) is 0 Å². The first kappa shape index (κ1) is 14.2. The van der Waals surface area contributed by atoms with Gasteiger partial charge in [0.2, 0.25) is 5.91 Å². The molecule has 0 radical (unpaired) electrons. The zero-order valence-electron chi connectivity index (χ0n) is 9.22. The standard InChI is InChI=1S/C10H20N2O2S2/c13-9(5-15)11-7-3-1-2-4-8(7)12-10(14)6-16/h7-9,11,13,15-16H,1-6H2,(H,12,14). The van der Waals surface area contributed by atoms with Crippen molar-refractivity contribution in [1.82, 2.24) is 10.6 Å². The van der Waals surface area contributed by atoms with Crippen LogP contribution in [0.2, 0.25) is 0 Å². The summed E-state index contributed by atoms with van der Waals surface area (Å²) in [5, 5.41) is 15.5. The fourth-order valence-corrected chi connectivity index (χ4v) is 2.25. The van der Waals surface area contributed by atoms with Gasteiger partial charge in [-0.2, -0.15) is 25.3 Å². The van der Waals surface area contributed by atoms with Crippen LogP contribution >= 0.6 is 25.3 Å². The number of thiol groups is 2. The van der Waals surface area contributed by atoms with E-state index in [0.717, 1.165) is 25.7 Å². The van der Waals surface area contributed by atoms with Gasteiger partial charge in [-0.05, 0) is 12.8 Å². The van der Waals surface area contributed by atoms with Crippen molar-refractivity contribution in [1.29, 1.82) is 0 Å². The molecule has 0 heterocycles. The zero-order valence-corrected chi connectivity index (χ0v) is 11.0. The number of carbonyl (C=O) groups is 1. The van der Waals surface area contributed by atoms with Crippen LogP contribution in [-0.2, 0) is 4.79 Å². The van der Waals surface area contributed by atoms with E-state index in [-0.39, 0.29) is 23.7 Å². The van der Waals surface area contributed by atoms with E-state index in [2.05, 4.69) is 35.9 Å². The van der Waals surface area contributed by atoms with E-state index in [0.29, 0.717) is 5.75 Å². The molecule has 1 rings (SSSR count). The normalized spacial score (nSPS) is 27.4. The van der Waals surface area contributed by atoms with Crippen LogP contribution in [0.25, 0.3) is 0 Å². The van der Waals surface area contributed by atoms with Crippen molar-refractivity contribution in [3.8, 4) is 0 Å². The molecule has 0 saturated heterocycles. The molecule has 1 fully saturated rings. The van der Waals surface area contributed by atoms with Gasteiger partial charge in [-0.15, -0.1) is 0 Å². The van der Waals surface area contributed by atoms with Crippen molar-refractivity contribution in [2.75, 3.05) is 11.5 Å².